The lowest BCUT2D eigenvalue weighted by Crippen LogP contribution is -2.37. The molecule has 0 bridgehead atoms. The van der Waals surface area contributed by atoms with E-state index in [4.69, 9.17) is 43.4 Å². The van der Waals surface area contributed by atoms with Crippen LogP contribution in [0.15, 0.2) is 0 Å². The van der Waals surface area contributed by atoms with Gasteiger partial charge in [-0.15, -0.1) is 0 Å². The van der Waals surface area contributed by atoms with Gasteiger partial charge in [-0.25, -0.2) is 0 Å². The third kappa shape index (κ3) is 26.9. The number of nitrogens with two attached hydrogens (primary N) is 4. The van der Waals surface area contributed by atoms with Crippen LogP contribution >= 0.6 is 0 Å². The molecule has 0 aliphatic heterocycles. The second-order valence-corrected chi connectivity index (χ2v) is 4.70. The minimum absolute atomic E-state index is 0.00463. The number of hydrogen-bond donors (Lipinski definition) is 8. The Kier molecular flexibility index (Phi) is 19.9. The molecule has 0 spiro atoms. The maximum absolute atomic E-state index is 10.1. The maximum Gasteiger partial charge on any atom is 0.321 e. The quantitative estimate of drug-likeness (QED) is 0.205. The zero-order chi connectivity index (χ0) is 20.4. The molecule has 12 nitrogen and oxygen atoms in total. The fourth-order valence-corrected chi connectivity index (χ4v) is 0.951. The van der Waals surface area contributed by atoms with Crippen LogP contribution in [0.4, 0.5) is 0 Å². The molecule has 0 aromatic rings. The predicted molar refractivity (Wildman–Crippen MR) is 87.7 cm³/mol. The van der Waals surface area contributed by atoms with Crippen LogP contribution in [0.1, 0.15) is 32.1 Å². The summed E-state index contributed by atoms with van der Waals surface area (Å²) in [5.74, 6) is -3.84. The summed E-state index contributed by atoms with van der Waals surface area (Å²) in [5, 5.41) is 32.4. The van der Waals surface area contributed by atoms with Crippen molar-refractivity contribution in [3.05, 3.63) is 0 Å². The van der Waals surface area contributed by atoms with E-state index in [1.807, 2.05) is 0 Å². The first-order valence-electron chi connectivity index (χ1n) is 7.30. The first-order valence-corrected chi connectivity index (χ1v) is 7.30. The van der Waals surface area contributed by atoms with Crippen molar-refractivity contribution in [1.82, 2.24) is 0 Å². The van der Waals surface area contributed by atoms with Crippen molar-refractivity contribution in [2.45, 2.75) is 44.2 Å². The summed E-state index contributed by atoms with van der Waals surface area (Å²) in [6.45, 7) is 0.460. The van der Waals surface area contributed by atoms with Crippen LogP contribution in [-0.2, 0) is 19.2 Å². The van der Waals surface area contributed by atoms with E-state index in [-0.39, 0.29) is 25.8 Å². The van der Waals surface area contributed by atoms with E-state index in [1.165, 1.54) is 0 Å². The SMILES string of the molecule is NC(CCCC(=O)O)C(=O)O.NCC(N)C(=O)O.NCCCC(=O)O. The molecule has 25 heavy (non-hydrogen) atoms. The lowest BCUT2D eigenvalue weighted by molar-refractivity contribution is -0.140. The molecule has 0 radical (unpaired) electrons. The van der Waals surface area contributed by atoms with Crippen molar-refractivity contribution in [3.63, 3.8) is 0 Å². The summed E-state index contributed by atoms with van der Waals surface area (Å²) >= 11 is 0. The number of aliphatic carboxylic acids is 4. The van der Waals surface area contributed by atoms with E-state index in [0.29, 0.717) is 19.4 Å². The van der Waals surface area contributed by atoms with Crippen LogP contribution in [0.3, 0.4) is 0 Å². The number of rotatable bonds is 10. The van der Waals surface area contributed by atoms with E-state index >= 15 is 0 Å². The molecule has 0 rings (SSSR count). The third-order valence-corrected chi connectivity index (χ3v) is 2.39. The number of carboxylic acid groups (broad SMARTS) is 4. The smallest absolute Gasteiger partial charge is 0.321 e. The Morgan fingerprint density at radius 1 is 0.720 bits per heavy atom. The maximum atomic E-state index is 10.1. The van der Waals surface area contributed by atoms with Gasteiger partial charge in [0.05, 0.1) is 0 Å². The van der Waals surface area contributed by atoms with Crippen molar-refractivity contribution >= 4 is 23.9 Å². The number of hydrogen-bond acceptors (Lipinski definition) is 8. The summed E-state index contributed by atoms with van der Waals surface area (Å²) in [5.41, 5.74) is 19.9. The molecule has 0 fully saturated rings. The normalized spacial score (nSPS) is 11.7. The summed E-state index contributed by atoms with van der Waals surface area (Å²) in [6.07, 6.45) is 1.26. The molecule has 148 valence electrons. The van der Waals surface area contributed by atoms with Gasteiger partial charge in [0.25, 0.3) is 0 Å². The second-order valence-electron chi connectivity index (χ2n) is 4.70. The lowest BCUT2D eigenvalue weighted by atomic mass is 10.1. The van der Waals surface area contributed by atoms with Crippen molar-refractivity contribution in [1.29, 1.82) is 0 Å². The average molecular weight is 368 g/mol. The third-order valence-electron chi connectivity index (χ3n) is 2.39. The van der Waals surface area contributed by atoms with Gasteiger partial charge in [0.2, 0.25) is 0 Å². The summed E-state index contributed by atoms with van der Waals surface area (Å²) in [7, 11) is 0. The zero-order valence-electron chi connectivity index (χ0n) is 13.8. The minimum Gasteiger partial charge on any atom is -0.481 e. The first kappa shape index (κ1) is 27.6. The molecule has 0 heterocycles. The van der Waals surface area contributed by atoms with Crippen LogP contribution < -0.4 is 22.9 Å². The summed E-state index contributed by atoms with van der Waals surface area (Å²) in [6, 6.07) is -1.84. The monoisotopic (exact) mass is 368 g/mol. The van der Waals surface area contributed by atoms with E-state index in [9.17, 15) is 19.2 Å². The van der Waals surface area contributed by atoms with Crippen molar-refractivity contribution in [3.8, 4) is 0 Å². The molecule has 0 saturated carbocycles. The Labute approximate surface area is 144 Å². The minimum atomic E-state index is -1.09. The van der Waals surface area contributed by atoms with Gasteiger partial charge in [-0.2, -0.15) is 0 Å². The average Bonchev–Trinajstić information content (AvgIpc) is 2.52. The Morgan fingerprint density at radius 3 is 1.32 bits per heavy atom. The Bertz CT molecular complexity index is 405. The van der Waals surface area contributed by atoms with Gasteiger partial charge in [-0.3, -0.25) is 19.2 Å². The highest BCUT2D eigenvalue weighted by molar-refractivity contribution is 5.73. The Hall–Kier alpha value is -2.28. The van der Waals surface area contributed by atoms with E-state index in [2.05, 4.69) is 0 Å². The standard InChI is InChI=1S/C6H11NO4.C4H9NO2.C3H8N2O2/c7-4(6(10)11)2-1-3-5(8)9;5-3-1-2-4(6)7;4-1-2(5)3(6)7/h4H,1-3,7H2,(H,8,9)(H,10,11);1-3,5H2,(H,6,7);2H,1,4-5H2,(H,6,7). The van der Waals surface area contributed by atoms with Gasteiger partial charge >= 0.3 is 23.9 Å². The van der Waals surface area contributed by atoms with Crippen molar-refractivity contribution < 1.29 is 39.6 Å². The Morgan fingerprint density at radius 2 is 1.12 bits per heavy atom. The van der Waals surface area contributed by atoms with Crippen molar-refractivity contribution in [2.75, 3.05) is 13.1 Å². The van der Waals surface area contributed by atoms with E-state index in [1.54, 1.807) is 0 Å². The second kappa shape index (κ2) is 18.1. The van der Waals surface area contributed by atoms with Gasteiger partial charge in [0.1, 0.15) is 12.1 Å². The zero-order valence-corrected chi connectivity index (χ0v) is 13.8. The fraction of sp³-hybridized carbons (Fsp3) is 0.692. The van der Waals surface area contributed by atoms with Crippen LogP contribution in [0, 0.1) is 0 Å². The van der Waals surface area contributed by atoms with Crippen LogP contribution in [-0.4, -0.2) is 69.5 Å². The molecule has 0 aliphatic rings. The first-order chi connectivity index (χ1) is 11.5. The van der Waals surface area contributed by atoms with Gasteiger partial charge in [0, 0.05) is 19.4 Å². The molecule has 2 unspecified atom stereocenters. The van der Waals surface area contributed by atoms with Crippen LogP contribution in [0.2, 0.25) is 0 Å². The van der Waals surface area contributed by atoms with Crippen molar-refractivity contribution in [2.24, 2.45) is 22.9 Å². The highest BCUT2D eigenvalue weighted by atomic mass is 16.4. The summed E-state index contributed by atoms with van der Waals surface area (Å²) in [4.78, 5) is 39.5. The van der Waals surface area contributed by atoms with E-state index < -0.39 is 36.0 Å². The van der Waals surface area contributed by atoms with E-state index in [0.717, 1.165) is 0 Å². The molecule has 0 aliphatic carbocycles. The summed E-state index contributed by atoms with van der Waals surface area (Å²) < 4.78 is 0. The van der Waals surface area contributed by atoms with Gasteiger partial charge in [-0.05, 0) is 25.8 Å². The molecular formula is C13H28N4O8. The van der Waals surface area contributed by atoms with Gasteiger partial charge < -0.3 is 43.4 Å². The molecule has 0 aromatic heterocycles. The van der Waals surface area contributed by atoms with Gasteiger partial charge in [-0.1, -0.05) is 0 Å². The highest BCUT2D eigenvalue weighted by Crippen LogP contribution is 1.98. The molecule has 2 atom stereocenters. The fourth-order valence-electron chi connectivity index (χ4n) is 0.951. The molecule has 12 heteroatoms. The topological polar surface area (TPSA) is 253 Å². The van der Waals surface area contributed by atoms with Gasteiger partial charge in [0.15, 0.2) is 0 Å². The molecular weight excluding hydrogens is 340 g/mol. The predicted octanol–water partition coefficient (Wildman–Crippen LogP) is -2.18. The molecule has 0 aromatic carbocycles. The lowest BCUT2D eigenvalue weighted by Gasteiger charge is -2.02. The van der Waals surface area contributed by atoms with Crippen LogP contribution in [0.5, 0.6) is 0 Å². The number of carboxylic acids is 4. The molecule has 0 saturated heterocycles. The molecule has 12 N–H and O–H groups in total. The molecule has 0 amide bonds. The highest BCUT2D eigenvalue weighted by Gasteiger charge is 2.10. The largest absolute Gasteiger partial charge is 0.481 e. The number of carbonyl (C=O) groups is 4. The van der Waals surface area contributed by atoms with Crippen LogP contribution in [0.25, 0.3) is 0 Å². The Balaban J connectivity index is -0.000000304.